The van der Waals surface area contributed by atoms with Gasteiger partial charge in [-0.15, -0.1) is 0 Å². The van der Waals surface area contributed by atoms with Crippen LogP contribution in [0, 0.1) is 0 Å². The van der Waals surface area contributed by atoms with Gasteiger partial charge in [-0.1, -0.05) is 140 Å². The Morgan fingerprint density at radius 1 is 0.605 bits per heavy atom. The lowest BCUT2D eigenvalue weighted by atomic mass is 9.85. The number of fused-ring (bicyclic) bond motifs is 3. The molecule has 8 aromatic rings. The van der Waals surface area contributed by atoms with E-state index in [9.17, 15) is 5.48 Å². The Morgan fingerprint density at radius 2 is 1.19 bits per heavy atom. The van der Waals surface area contributed by atoms with E-state index in [2.05, 4.69) is 4.98 Å². The van der Waals surface area contributed by atoms with Crippen LogP contribution in [0.5, 0.6) is 0 Å². The normalized spacial score (nSPS) is 18.0. The summed E-state index contributed by atoms with van der Waals surface area (Å²) in [7, 11) is 0. The third kappa shape index (κ3) is 4.14. The van der Waals surface area contributed by atoms with E-state index in [0.717, 1.165) is 0 Å². The van der Waals surface area contributed by atoms with Gasteiger partial charge >= 0.3 is 0 Å². The molecule has 7 aromatic carbocycles. The molecule has 0 radical (unpaired) electrons. The Kier molecular flexibility index (Phi) is 3.10. The molecule has 0 saturated carbocycles. The number of nitrogens with zero attached hydrogens (tertiary/aromatic N) is 2. The number of imidazole rings is 1. The predicted octanol–water partition coefficient (Wildman–Crippen LogP) is 10.9. The van der Waals surface area contributed by atoms with Gasteiger partial charge in [0.15, 0.2) is 0 Å². The van der Waals surface area contributed by atoms with Crippen molar-refractivity contribution in [2.24, 2.45) is 0 Å². The van der Waals surface area contributed by atoms with Crippen molar-refractivity contribution < 1.29 is 24.7 Å². The second kappa shape index (κ2) is 10.4. The van der Waals surface area contributed by atoms with Crippen LogP contribution < -0.4 is 0 Å². The summed E-state index contributed by atoms with van der Waals surface area (Å²) in [5, 5.41) is -0.606. The first-order valence-corrected chi connectivity index (χ1v) is 13.3. The van der Waals surface area contributed by atoms with Crippen molar-refractivity contribution in [2.45, 2.75) is 13.2 Å². The summed E-state index contributed by atoms with van der Waals surface area (Å²) in [5.41, 5.74) is 0.949. The standard InChI is InChI=1S/C41H30N2/c1-2-39-42-36-21-11-13-23-38(36)43(39)37-22-12-10-20-35(37)41-33-18-8-6-16-31(33)40(32-17-7-9-19-34(32)41)30-26-24-29(25-27-30)28-14-4-3-5-15-28/h3-27H,2H2,1H3/i1D3,2D2,3D,4D,5D,6D,7D,8D,9D,14D,15D,16D,17D,18D,19D. The monoisotopic (exact) mass is 568 g/mol. The van der Waals surface area contributed by atoms with Gasteiger partial charge in [0, 0.05) is 18.8 Å². The maximum absolute atomic E-state index is 9.39. The van der Waals surface area contributed by atoms with Crippen molar-refractivity contribution in [1.29, 1.82) is 0 Å². The molecule has 8 rings (SSSR count). The van der Waals surface area contributed by atoms with E-state index in [1.807, 2.05) is 0 Å². The highest BCUT2D eigenvalue weighted by atomic mass is 15.1. The smallest absolute Gasteiger partial charge is 0.114 e. The molecule has 0 aliphatic rings. The quantitative estimate of drug-likeness (QED) is 0.189. The van der Waals surface area contributed by atoms with Gasteiger partial charge in [-0.25, -0.2) is 4.98 Å². The van der Waals surface area contributed by atoms with Gasteiger partial charge in [-0.3, -0.25) is 4.57 Å². The van der Waals surface area contributed by atoms with Crippen molar-refractivity contribution in [3.63, 3.8) is 0 Å². The van der Waals surface area contributed by atoms with Crippen LogP contribution in [-0.2, 0) is 6.37 Å². The number of benzene rings is 7. The maximum atomic E-state index is 9.39. The van der Waals surface area contributed by atoms with Gasteiger partial charge in [0.2, 0.25) is 0 Å². The Morgan fingerprint density at radius 3 is 1.88 bits per heavy atom. The lowest BCUT2D eigenvalue weighted by Gasteiger charge is -2.20. The lowest BCUT2D eigenvalue weighted by molar-refractivity contribution is 0.909. The van der Waals surface area contributed by atoms with Crippen LogP contribution in [0.2, 0.25) is 0 Å². The van der Waals surface area contributed by atoms with Crippen LogP contribution >= 0.6 is 0 Å². The van der Waals surface area contributed by atoms with E-state index in [1.54, 1.807) is 36.4 Å². The largest absolute Gasteiger partial charge is 0.296 e. The molecule has 0 unspecified atom stereocenters. The molecule has 2 heteroatoms. The topological polar surface area (TPSA) is 17.8 Å². The summed E-state index contributed by atoms with van der Waals surface area (Å²) in [4.78, 5) is 4.44. The molecule has 204 valence electrons. The molecule has 2 nitrogen and oxygen atoms in total. The molecule has 0 aliphatic heterocycles. The highest BCUT2D eigenvalue weighted by Gasteiger charge is 2.20. The summed E-state index contributed by atoms with van der Waals surface area (Å²) in [6.07, 6.45) is -3.04. The number of hydrogen-bond acceptors (Lipinski definition) is 1. The summed E-state index contributed by atoms with van der Waals surface area (Å²) >= 11 is 0. The molecule has 0 saturated heterocycles. The highest BCUT2D eigenvalue weighted by molar-refractivity contribution is 6.22. The zero-order chi connectivity index (χ0) is 44.4. The number of rotatable bonds is 5. The fraction of sp³-hybridized carbons (Fsp3) is 0.0488. The minimum Gasteiger partial charge on any atom is -0.296 e. The molecule has 1 aromatic heterocycles. The number of aryl methyl sites for hydroxylation is 1. The molecular weight excluding hydrogens is 520 g/mol. The van der Waals surface area contributed by atoms with Gasteiger partial charge in [0.05, 0.1) is 34.5 Å². The second-order valence-corrected chi connectivity index (χ2v) is 9.73. The molecule has 0 fully saturated rings. The minimum absolute atomic E-state index is 0.00894. The summed E-state index contributed by atoms with van der Waals surface area (Å²) in [6.45, 7) is -3.21. The van der Waals surface area contributed by atoms with Crippen LogP contribution in [0.25, 0.3) is 71.6 Å². The third-order valence-corrected chi connectivity index (χ3v) is 7.42. The number of para-hydroxylation sites is 3. The van der Waals surface area contributed by atoms with Crippen LogP contribution in [0.3, 0.4) is 0 Å². The Bertz CT molecular complexity index is 3080. The molecule has 0 amide bonds. The van der Waals surface area contributed by atoms with E-state index in [0.29, 0.717) is 0 Å². The molecular formula is C41H30N2. The zero-order valence-corrected chi connectivity index (χ0v) is 22.3. The maximum Gasteiger partial charge on any atom is 0.114 e. The van der Waals surface area contributed by atoms with Gasteiger partial charge in [-0.05, 0) is 67.6 Å². The first-order chi connectivity index (χ1) is 28.6. The summed E-state index contributed by atoms with van der Waals surface area (Å²) in [6, 6.07) is 11.1. The molecule has 0 bridgehead atoms. The SMILES string of the molecule is [2H]c1c([2H])c([2H])c(-c2ccc(-c3c4c([2H])c([2H])c([2H])c([2H])c4c(-c4ccccc4-n4c(C([2H])([2H])C([2H])([2H])[2H])nc5ccccc54)c4c([2H])c([2H])c([2H])c([2H])c34)cc2)c([2H])c1[2H]. The highest BCUT2D eigenvalue weighted by Crippen LogP contribution is 2.45. The Hall–Kier alpha value is -5.47. The first-order valence-electron chi connectivity index (χ1n) is 22.3. The van der Waals surface area contributed by atoms with Crippen molar-refractivity contribution in [3.8, 4) is 39.1 Å². The van der Waals surface area contributed by atoms with Crippen molar-refractivity contribution in [3.05, 3.63) is 157 Å². The third-order valence-electron chi connectivity index (χ3n) is 7.42. The van der Waals surface area contributed by atoms with Crippen LogP contribution in [0.15, 0.2) is 151 Å². The van der Waals surface area contributed by atoms with Crippen LogP contribution in [-0.4, -0.2) is 9.55 Å². The van der Waals surface area contributed by atoms with Crippen LogP contribution in [0.4, 0.5) is 0 Å². The van der Waals surface area contributed by atoms with Crippen molar-refractivity contribution in [1.82, 2.24) is 9.55 Å². The summed E-state index contributed by atoms with van der Waals surface area (Å²) < 4.78 is 157. The van der Waals surface area contributed by atoms with E-state index in [1.165, 1.54) is 41.0 Å². The van der Waals surface area contributed by atoms with Gasteiger partial charge < -0.3 is 0 Å². The molecule has 0 aliphatic carbocycles. The van der Waals surface area contributed by atoms with E-state index < -0.39 is 97.6 Å². The van der Waals surface area contributed by atoms with E-state index in [-0.39, 0.29) is 71.6 Å². The van der Waals surface area contributed by atoms with Crippen molar-refractivity contribution >= 4 is 32.6 Å². The fourth-order valence-electron chi connectivity index (χ4n) is 5.61. The van der Waals surface area contributed by atoms with E-state index in [4.69, 9.17) is 19.2 Å². The van der Waals surface area contributed by atoms with Gasteiger partial charge in [0.1, 0.15) is 5.82 Å². The van der Waals surface area contributed by atoms with Gasteiger partial charge in [0.25, 0.3) is 0 Å². The Balaban J connectivity index is 1.57. The Labute approximate surface area is 276 Å². The number of aromatic nitrogens is 2. The first kappa shape index (κ1) is 12.8. The minimum atomic E-state index is -3.21. The number of hydrogen-bond donors (Lipinski definition) is 0. The summed E-state index contributed by atoms with van der Waals surface area (Å²) in [5.74, 6) is -0.505. The molecule has 0 N–H and O–H groups in total. The molecule has 1 heterocycles. The van der Waals surface area contributed by atoms with Crippen LogP contribution in [0.1, 0.15) is 37.3 Å². The molecule has 0 spiro atoms. The van der Waals surface area contributed by atoms with E-state index >= 15 is 0 Å². The predicted molar refractivity (Wildman–Crippen MR) is 182 cm³/mol. The second-order valence-electron chi connectivity index (χ2n) is 9.73. The van der Waals surface area contributed by atoms with Crippen molar-refractivity contribution in [2.75, 3.05) is 0 Å². The van der Waals surface area contributed by atoms with Gasteiger partial charge in [-0.2, -0.15) is 0 Å². The fourth-order valence-corrected chi connectivity index (χ4v) is 5.61. The lowest BCUT2D eigenvalue weighted by Crippen LogP contribution is -2.03. The molecule has 0 atom stereocenters. The average molecular weight is 569 g/mol. The zero-order valence-electron chi connectivity index (χ0n) is 40.3. The average Bonchev–Trinajstić information content (AvgIpc) is 3.64. The molecule has 43 heavy (non-hydrogen) atoms.